The van der Waals surface area contributed by atoms with Gasteiger partial charge < -0.3 is 10.2 Å². The number of carbonyl (C=O) groups excluding carboxylic acids is 2. The fourth-order valence-corrected chi connectivity index (χ4v) is 6.03. The summed E-state index contributed by atoms with van der Waals surface area (Å²) in [4.78, 5) is 28.9. The zero-order chi connectivity index (χ0) is 29.4. The van der Waals surface area contributed by atoms with E-state index in [1.54, 1.807) is 36.4 Å². The molecule has 0 aliphatic rings. The van der Waals surface area contributed by atoms with Crippen LogP contribution >= 0.6 is 0 Å². The van der Waals surface area contributed by atoms with Gasteiger partial charge in [-0.3, -0.25) is 13.9 Å². The molecular weight excluding hydrogens is 522 g/mol. The zero-order valence-electron chi connectivity index (χ0n) is 24.4. The molecule has 7 nitrogen and oxygen atoms in total. The summed E-state index contributed by atoms with van der Waals surface area (Å²) in [6.45, 7) is 11.7. The van der Waals surface area contributed by atoms with Crippen molar-refractivity contribution >= 4 is 27.5 Å². The van der Waals surface area contributed by atoms with E-state index in [4.69, 9.17) is 0 Å². The van der Waals surface area contributed by atoms with Crippen LogP contribution in [0.5, 0.6) is 0 Å². The molecule has 0 spiro atoms. The van der Waals surface area contributed by atoms with Crippen LogP contribution in [0.2, 0.25) is 0 Å². The average molecular weight is 564 g/mol. The van der Waals surface area contributed by atoms with Gasteiger partial charge in [0.05, 0.1) is 10.6 Å². The van der Waals surface area contributed by atoms with Gasteiger partial charge in [-0.1, -0.05) is 67.4 Å². The lowest BCUT2D eigenvalue weighted by Crippen LogP contribution is -2.52. The maximum absolute atomic E-state index is 14.1. The maximum atomic E-state index is 14.1. The molecule has 1 atom stereocenters. The normalized spacial score (nSPS) is 12.1. The molecule has 214 valence electrons. The van der Waals surface area contributed by atoms with Crippen LogP contribution in [-0.4, -0.2) is 44.3 Å². The Bertz CT molecular complexity index is 1400. The summed E-state index contributed by atoms with van der Waals surface area (Å²) in [7, 11) is -4.09. The lowest BCUT2D eigenvalue weighted by molar-refractivity contribution is -0.140. The minimum atomic E-state index is -4.09. The predicted molar refractivity (Wildman–Crippen MR) is 161 cm³/mol. The van der Waals surface area contributed by atoms with E-state index in [9.17, 15) is 18.0 Å². The molecule has 0 aliphatic carbocycles. The standard InChI is InChI=1S/C32H41N3O4S/c1-7-17-33-32(37)30(8-2)34(21-27-13-9-23(3)10-14-27)31(36)22-35(28-19-25(5)18-26(6)20-28)40(38,39)29-15-11-24(4)12-16-29/h9-16,18-20,30H,7-8,17,21-22H2,1-6H3,(H,33,37)/t30-/m1/s1. The molecule has 0 unspecified atom stereocenters. The predicted octanol–water partition coefficient (Wildman–Crippen LogP) is 5.45. The number of amides is 2. The van der Waals surface area contributed by atoms with Crippen LogP contribution in [0.25, 0.3) is 0 Å². The van der Waals surface area contributed by atoms with Crippen LogP contribution in [-0.2, 0) is 26.2 Å². The van der Waals surface area contributed by atoms with Crippen molar-refractivity contribution < 1.29 is 18.0 Å². The van der Waals surface area contributed by atoms with Gasteiger partial charge in [0.2, 0.25) is 11.8 Å². The van der Waals surface area contributed by atoms with E-state index in [1.165, 1.54) is 9.21 Å². The van der Waals surface area contributed by atoms with Crippen LogP contribution in [0.15, 0.2) is 71.6 Å². The van der Waals surface area contributed by atoms with Crippen LogP contribution in [0.3, 0.4) is 0 Å². The fourth-order valence-electron chi connectivity index (χ4n) is 4.64. The summed E-state index contributed by atoms with van der Waals surface area (Å²) in [5.74, 6) is -0.696. The first kappa shape index (κ1) is 30.9. The van der Waals surface area contributed by atoms with Gasteiger partial charge in [0.15, 0.2) is 0 Å². The van der Waals surface area contributed by atoms with Crippen LogP contribution < -0.4 is 9.62 Å². The molecule has 0 bridgehead atoms. The minimum absolute atomic E-state index is 0.0999. The summed E-state index contributed by atoms with van der Waals surface area (Å²) in [6.07, 6.45) is 1.16. The molecule has 1 N–H and O–H groups in total. The van der Waals surface area contributed by atoms with Gasteiger partial charge in [0.25, 0.3) is 10.0 Å². The third kappa shape index (κ3) is 7.72. The highest BCUT2D eigenvalue weighted by Crippen LogP contribution is 2.27. The number of rotatable bonds is 12. The number of sulfonamides is 1. The van der Waals surface area contributed by atoms with Crippen molar-refractivity contribution in [2.24, 2.45) is 0 Å². The van der Waals surface area contributed by atoms with E-state index in [0.717, 1.165) is 34.2 Å². The number of anilines is 1. The summed E-state index contributed by atoms with van der Waals surface area (Å²) in [5, 5.41) is 2.91. The first-order valence-electron chi connectivity index (χ1n) is 13.8. The highest BCUT2D eigenvalue weighted by atomic mass is 32.2. The number of nitrogens with one attached hydrogen (secondary N) is 1. The van der Waals surface area contributed by atoms with E-state index >= 15 is 0 Å². The van der Waals surface area contributed by atoms with Crippen molar-refractivity contribution in [2.45, 2.75) is 71.9 Å². The molecule has 3 aromatic rings. The Morgan fingerprint density at radius 1 is 0.800 bits per heavy atom. The second-order valence-corrected chi connectivity index (χ2v) is 12.3. The summed E-state index contributed by atoms with van der Waals surface area (Å²) < 4.78 is 29.2. The highest BCUT2D eigenvalue weighted by Gasteiger charge is 2.33. The highest BCUT2D eigenvalue weighted by molar-refractivity contribution is 7.92. The van der Waals surface area contributed by atoms with E-state index < -0.39 is 28.5 Å². The fraction of sp³-hybridized carbons (Fsp3) is 0.375. The molecule has 40 heavy (non-hydrogen) atoms. The Labute approximate surface area is 239 Å². The van der Waals surface area contributed by atoms with E-state index in [0.29, 0.717) is 18.7 Å². The van der Waals surface area contributed by atoms with Gasteiger partial charge in [0.1, 0.15) is 12.6 Å². The number of benzene rings is 3. The monoisotopic (exact) mass is 563 g/mol. The number of nitrogens with zero attached hydrogens (tertiary/aromatic N) is 2. The van der Waals surface area contributed by atoms with Gasteiger partial charge in [-0.05, 0) is 81.5 Å². The molecule has 0 radical (unpaired) electrons. The van der Waals surface area contributed by atoms with Gasteiger partial charge in [0, 0.05) is 13.1 Å². The van der Waals surface area contributed by atoms with Crippen molar-refractivity contribution in [3.63, 3.8) is 0 Å². The molecular formula is C32H41N3O4S. The Hall–Kier alpha value is -3.65. The molecule has 0 aliphatic heterocycles. The van der Waals surface area contributed by atoms with E-state index in [2.05, 4.69) is 5.32 Å². The maximum Gasteiger partial charge on any atom is 0.264 e. The van der Waals surface area contributed by atoms with Crippen LogP contribution in [0.1, 0.15) is 54.5 Å². The third-order valence-electron chi connectivity index (χ3n) is 6.79. The van der Waals surface area contributed by atoms with Gasteiger partial charge >= 0.3 is 0 Å². The van der Waals surface area contributed by atoms with Gasteiger partial charge in [-0.25, -0.2) is 8.42 Å². The molecule has 3 rings (SSSR count). The third-order valence-corrected chi connectivity index (χ3v) is 8.58. The van der Waals surface area contributed by atoms with Gasteiger partial charge in [-0.15, -0.1) is 0 Å². The quantitative estimate of drug-likeness (QED) is 0.318. The molecule has 2 amide bonds. The minimum Gasteiger partial charge on any atom is -0.354 e. The lowest BCUT2D eigenvalue weighted by atomic mass is 10.1. The molecule has 8 heteroatoms. The first-order chi connectivity index (χ1) is 19.0. The lowest BCUT2D eigenvalue weighted by Gasteiger charge is -2.33. The van der Waals surface area contributed by atoms with Crippen molar-refractivity contribution in [1.82, 2.24) is 10.2 Å². The second kappa shape index (κ2) is 13.6. The Balaban J connectivity index is 2.08. The topological polar surface area (TPSA) is 86.8 Å². The van der Waals surface area contributed by atoms with E-state index in [1.807, 2.05) is 71.9 Å². The van der Waals surface area contributed by atoms with Crippen molar-refractivity contribution in [2.75, 3.05) is 17.4 Å². The number of hydrogen-bond donors (Lipinski definition) is 1. The SMILES string of the molecule is CCCNC(=O)[C@@H](CC)N(Cc1ccc(C)cc1)C(=O)CN(c1cc(C)cc(C)c1)S(=O)(=O)c1ccc(C)cc1. The van der Waals surface area contributed by atoms with Crippen molar-refractivity contribution in [3.8, 4) is 0 Å². The number of aryl methyl sites for hydroxylation is 4. The molecule has 0 saturated heterocycles. The van der Waals surface area contributed by atoms with Crippen LogP contribution in [0, 0.1) is 27.7 Å². The zero-order valence-corrected chi connectivity index (χ0v) is 25.2. The summed E-state index contributed by atoms with van der Waals surface area (Å²) in [5.41, 5.74) is 5.05. The van der Waals surface area contributed by atoms with E-state index in [-0.39, 0.29) is 17.3 Å². The Morgan fingerprint density at radius 2 is 1.35 bits per heavy atom. The van der Waals surface area contributed by atoms with Crippen molar-refractivity contribution in [1.29, 1.82) is 0 Å². The Kier molecular flexibility index (Phi) is 10.5. The largest absolute Gasteiger partial charge is 0.354 e. The smallest absolute Gasteiger partial charge is 0.264 e. The summed E-state index contributed by atoms with van der Waals surface area (Å²) >= 11 is 0. The first-order valence-corrected chi connectivity index (χ1v) is 15.2. The van der Waals surface area contributed by atoms with Crippen molar-refractivity contribution in [3.05, 3.63) is 94.5 Å². The summed E-state index contributed by atoms with van der Waals surface area (Å²) in [6, 6.07) is 19.1. The molecule has 3 aromatic carbocycles. The average Bonchev–Trinajstić information content (AvgIpc) is 2.91. The second-order valence-electron chi connectivity index (χ2n) is 10.4. The van der Waals surface area contributed by atoms with Crippen LogP contribution in [0.4, 0.5) is 5.69 Å². The molecule has 0 fully saturated rings. The molecule has 0 aromatic heterocycles. The molecule has 0 heterocycles. The van der Waals surface area contributed by atoms with Gasteiger partial charge in [-0.2, -0.15) is 0 Å². The molecule has 0 saturated carbocycles. The number of carbonyl (C=O) groups is 2. The Morgan fingerprint density at radius 3 is 1.88 bits per heavy atom. The number of hydrogen-bond acceptors (Lipinski definition) is 4.